The number of hydrogen-bond acceptors (Lipinski definition) is 4. The van der Waals surface area contributed by atoms with Crippen LogP contribution in [0.5, 0.6) is 0 Å². The lowest BCUT2D eigenvalue weighted by Gasteiger charge is -2.09. The smallest absolute Gasteiger partial charge is 0.313 e. The van der Waals surface area contributed by atoms with Crippen molar-refractivity contribution in [2.24, 2.45) is 0 Å². The zero-order valence-electron chi connectivity index (χ0n) is 11.2. The summed E-state index contributed by atoms with van der Waals surface area (Å²) in [6.07, 6.45) is 0.690. The molecule has 5 nitrogen and oxygen atoms in total. The summed E-state index contributed by atoms with van der Waals surface area (Å²) in [6.45, 7) is 2.46. The van der Waals surface area contributed by atoms with Gasteiger partial charge in [-0.3, -0.25) is 4.79 Å². The van der Waals surface area contributed by atoms with Gasteiger partial charge in [0.25, 0.3) is 0 Å². The molecule has 0 spiro atoms. The minimum absolute atomic E-state index is 0.0418. The lowest BCUT2D eigenvalue weighted by Crippen LogP contribution is -2.07. The van der Waals surface area contributed by atoms with E-state index in [9.17, 15) is 4.79 Å². The zero-order chi connectivity index (χ0) is 15.4. The maximum absolute atomic E-state index is 10.6. The Morgan fingerprint density at radius 2 is 2.14 bits per heavy atom. The van der Waals surface area contributed by atoms with E-state index in [0.29, 0.717) is 28.2 Å². The zero-order valence-corrected chi connectivity index (χ0v) is 13.5. The quantitative estimate of drug-likeness (QED) is 0.813. The molecule has 8 heteroatoms. The molecule has 1 heterocycles. The number of aliphatic carboxylic acids is 1. The Morgan fingerprint density at radius 3 is 2.81 bits per heavy atom. The average molecular weight is 346 g/mol. The Labute approximate surface area is 136 Å². The molecule has 0 saturated heterocycles. The molecule has 21 heavy (non-hydrogen) atoms. The summed E-state index contributed by atoms with van der Waals surface area (Å²) in [6, 6.07) is 5.38. The maximum atomic E-state index is 10.6. The van der Waals surface area contributed by atoms with Crippen LogP contribution in [-0.2, 0) is 17.8 Å². The van der Waals surface area contributed by atoms with Crippen LogP contribution in [0, 0.1) is 6.92 Å². The van der Waals surface area contributed by atoms with E-state index in [1.54, 1.807) is 12.1 Å². The number of aromatic nitrogens is 3. The van der Waals surface area contributed by atoms with Crippen LogP contribution in [0.15, 0.2) is 23.4 Å². The number of halogens is 2. The Morgan fingerprint density at radius 1 is 1.38 bits per heavy atom. The van der Waals surface area contributed by atoms with Crippen LogP contribution in [0.3, 0.4) is 0 Å². The van der Waals surface area contributed by atoms with Gasteiger partial charge in [0.05, 0.1) is 5.75 Å². The average Bonchev–Trinajstić information content (AvgIpc) is 2.76. The standard InChI is InChI=1S/C13H13Cl2N3O2S/c1-8-16-17-13(21-7-12(19)20)18(8)5-4-9-2-3-10(14)6-11(9)15/h2-3,6H,4-5,7H2,1H3,(H,19,20). The molecule has 0 fully saturated rings. The summed E-state index contributed by atoms with van der Waals surface area (Å²) < 4.78 is 1.89. The highest BCUT2D eigenvalue weighted by atomic mass is 35.5. The van der Waals surface area contributed by atoms with Gasteiger partial charge >= 0.3 is 5.97 Å². The van der Waals surface area contributed by atoms with Crippen LogP contribution in [0.25, 0.3) is 0 Å². The van der Waals surface area contributed by atoms with Crippen molar-refractivity contribution in [2.75, 3.05) is 5.75 Å². The van der Waals surface area contributed by atoms with Crippen molar-refractivity contribution in [3.63, 3.8) is 0 Å². The molecule has 112 valence electrons. The summed E-state index contributed by atoms with van der Waals surface area (Å²) in [5, 5.41) is 18.5. The van der Waals surface area contributed by atoms with Crippen LogP contribution in [0.1, 0.15) is 11.4 Å². The number of thioether (sulfide) groups is 1. The number of carboxylic acids is 1. The van der Waals surface area contributed by atoms with Gasteiger partial charge in [-0.15, -0.1) is 10.2 Å². The monoisotopic (exact) mass is 345 g/mol. The molecule has 0 aliphatic carbocycles. The van der Waals surface area contributed by atoms with E-state index in [4.69, 9.17) is 28.3 Å². The van der Waals surface area contributed by atoms with E-state index in [1.807, 2.05) is 17.6 Å². The first kappa shape index (κ1) is 16.1. The number of rotatable bonds is 6. The third-order valence-electron chi connectivity index (χ3n) is 2.85. The van der Waals surface area contributed by atoms with E-state index >= 15 is 0 Å². The fourth-order valence-corrected chi connectivity index (χ4v) is 3.04. The number of carbonyl (C=O) groups is 1. The van der Waals surface area contributed by atoms with Crippen LogP contribution < -0.4 is 0 Å². The van der Waals surface area contributed by atoms with Crippen LogP contribution in [0.2, 0.25) is 10.0 Å². The van der Waals surface area contributed by atoms with Crippen molar-refractivity contribution in [3.05, 3.63) is 39.6 Å². The Kier molecular flexibility index (Phi) is 5.50. The minimum Gasteiger partial charge on any atom is -0.481 e. The summed E-state index contributed by atoms with van der Waals surface area (Å²) in [5.41, 5.74) is 0.975. The Balaban J connectivity index is 2.08. The molecule has 0 radical (unpaired) electrons. The molecule has 1 aromatic carbocycles. The minimum atomic E-state index is -0.882. The van der Waals surface area contributed by atoms with Crippen molar-refractivity contribution in [1.82, 2.24) is 14.8 Å². The third-order valence-corrected chi connectivity index (χ3v) is 4.38. The second kappa shape index (κ2) is 7.15. The predicted molar refractivity (Wildman–Crippen MR) is 83.3 cm³/mol. The van der Waals surface area contributed by atoms with Gasteiger partial charge in [0, 0.05) is 16.6 Å². The molecule has 0 unspecified atom stereocenters. The lowest BCUT2D eigenvalue weighted by molar-refractivity contribution is -0.133. The molecule has 1 N–H and O–H groups in total. The summed E-state index contributed by atoms with van der Waals surface area (Å²) in [5.74, 6) is -0.180. The summed E-state index contributed by atoms with van der Waals surface area (Å²) in [7, 11) is 0. The van der Waals surface area contributed by atoms with Gasteiger partial charge in [-0.25, -0.2) is 0 Å². The number of benzene rings is 1. The van der Waals surface area contributed by atoms with Crippen LogP contribution >= 0.6 is 35.0 Å². The molecular weight excluding hydrogens is 333 g/mol. The topological polar surface area (TPSA) is 68.0 Å². The van der Waals surface area contributed by atoms with Crippen LogP contribution in [-0.4, -0.2) is 31.6 Å². The van der Waals surface area contributed by atoms with Crippen LogP contribution in [0.4, 0.5) is 0 Å². The number of nitrogens with zero attached hydrogens (tertiary/aromatic N) is 3. The van der Waals surface area contributed by atoms with Crippen molar-refractivity contribution in [3.8, 4) is 0 Å². The largest absolute Gasteiger partial charge is 0.481 e. The van der Waals surface area contributed by atoms with E-state index in [2.05, 4.69) is 10.2 Å². The highest BCUT2D eigenvalue weighted by molar-refractivity contribution is 7.99. The number of hydrogen-bond donors (Lipinski definition) is 1. The highest BCUT2D eigenvalue weighted by Gasteiger charge is 2.12. The van der Waals surface area contributed by atoms with Crippen molar-refractivity contribution < 1.29 is 9.90 Å². The van der Waals surface area contributed by atoms with E-state index in [1.165, 1.54) is 0 Å². The molecule has 0 saturated carbocycles. The van der Waals surface area contributed by atoms with Gasteiger partial charge in [-0.05, 0) is 31.0 Å². The first-order valence-corrected chi connectivity index (χ1v) is 7.90. The van der Waals surface area contributed by atoms with Gasteiger partial charge in [-0.2, -0.15) is 0 Å². The van der Waals surface area contributed by atoms with E-state index in [-0.39, 0.29) is 5.75 Å². The predicted octanol–water partition coefficient (Wildman–Crippen LogP) is 3.31. The van der Waals surface area contributed by atoms with Crippen molar-refractivity contribution in [2.45, 2.75) is 25.0 Å². The van der Waals surface area contributed by atoms with Gasteiger partial charge < -0.3 is 9.67 Å². The van der Waals surface area contributed by atoms with Gasteiger partial charge in [-0.1, -0.05) is 41.0 Å². The summed E-state index contributed by atoms with van der Waals surface area (Å²) in [4.78, 5) is 10.6. The Bertz CT molecular complexity index is 661. The molecule has 0 aliphatic heterocycles. The molecule has 2 rings (SSSR count). The third kappa shape index (κ3) is 4.36. The molecule has 2 aromatic rings. The summed E-state index contributed by atoms with van der Waals surface area (Å²) >= 11 is 13.2. The van der Waals surface area contributed by atoms with Gasteiger partial charge in [0.15, 0.2) is 5.16 Å². The number of carboxylic acid groups (broad SMARTS) is 1. The van der Waals surface area contributed by atoms with Gasteiger partial charge in [0.2, 0.25) is 0 Å². The fourth-order valence-electron chi connectivity index (χ4n) is 1.81. The van der Waals surface area contributed by atoms with E-state index in [0.717, 1.165) is 23.1 Å². The van der Waals surface area contributed by atoms with Crippen molar-refractivity contribution >= 4 is 40.9 Å². The molecular formula is C13H13Cl2N3O2S. The Hall–Kier alpha value is -1.24. The normalized spacial score (nSPS) is 10.8. The molecule has 0 aliphatic rings. The molecule has 0 atom stereocenters. The van der Waals surface area contributed by atoms with E-state index < -0.39 is 5.97 Å². The molecule has 1 aromatic heterocycles. The van der Waals surface area contributed by atoms with Gasteiger partial charge in [0.1, 0.15) is 5.82 Å². The SMILES string of the molecule is Cc1nnc(SCC(=O)O)n1CCc1ccc(Cl)cc1Cl. The number of aryl methyl sites for hydroxylation is 2. The lowest BCUT2D eigenvalue weighted by atomic mass is 10.1. The molecule has 0 bridgehead atoms. The fraction of sp³-hybridized carbons (Fsp3) is 0.308. The second-order valence-electron chi connectivity index (χ2n) is 4.35. The highest BCUT2D eigenvalue weighted by Crippen LogP contribution is 2.23. The first-order valence-electron chi connectivity index (χ1n) is 6.15. The first-order chi connectivity index (χ1) is 9.97. The second-order valence-corrected chi connectivity index (χ2v) is 6.14. The maximum Gasteiger partial charge on any atom is 0.313 e. The molecule has 0 amide bonds. The van der Waals surface area contributed by atoms with Crippen molar-refractivity contribution in [1.29, 1.82) is 0 Å².